The van der Waals surface area contributed by atoms with E-state index in [1.165, 1.54) is 12.5 Å². The molecule has 0 bridgehead atoms. The number of anilines is 4. The van der Waals surface area contributed by atoms with Gasteiger partial charge in [-0.05, 0) is 55.3 Å². The fourth-order valence-corrected chi connectivity index (χ4v) is 2.82. The molecule has 3 aromatic rings. The summed E-state index contributed by atoms with van der Waals surface area (Å²) >= 11 is 5.92. The summed E-state index contributed by atoms with van der Waals surface area (Å²) in [5.41, 5.74) is 2.83. The van der Waals surface area contributed by atoms with Crippen molar-refractivity contribution in [2.45, 2.75) is 20.3 Å². The molecule has 0 saturated carbocycles. The third-order valence-corrected chi connectivity index (χ3v) is 4.20. The normalized spacial score (nSPS) is 10.4. The number of aryl methyl sites for hydroxylation is 1. The average Bonchev–Trinajstić information content (AvgIpc) is 2.64. The predicted octanol–water partition coefficient (Wildman–Crippen LogP) is 4.80. The molecule has 0 atom stereocenters. The topological polar surface area (TPSA) is 78.9 Å². The number of hydrogen-bond acceptors (Lipinski definition) is 5. The van der Waals surface area contributed by atoms with Crippen LogP contribution in [0.3, 0.4) is 0 Å². The van der Waals surface area contributed by atoms with Crippen LogP contribution < -0.4 is 16.0 Å². The van der Waals surface area contributed by atoms with Crippen LogP contribution in [-0.2, 0) is 11.2 Å². The van der Waals surface area contributed by atoms with Crippen molar-refractivity contribution in [1.29, 1.82) is 0 Å². The first-order valence-electron chi connectivity index (χ1n) is 8.96. The molecule has 144 valence electrons. The Labute approximate surface area is 169 Å². The average molecular weight is 396 g/mol. The first kappa shape index (κ1) is 19.6. The lowest BCUT2D eigenvalue weighted by molar-refractivity contribution is -0.114. The smallest absolute Gasteiger partial charge is 0.221 e. The van der Waals surface area contributed by atoms with Crippen LogP contribution >= 0.6 is 11.6 Å². The molecule has 3 N–H and O–H groups in total. The number of nitrogens with one attached hydrogen (secondary N) is 3. The fraction of sp³-hybridized carbons (Fsp3) is 0.190. The maximum absolute atomic E-state index is 11.1. The Morgan fingerprint density at radius 2 is 1.61 bits per heavy atom. The molecule has 7 heteroatoms. The van der Waals surface area contributed by atoms with Gasteiger partial charge in [-0.15, -0.1) is 0 Å². The van der Waals surface area contributed by atoms with Gasteiger partial charge in [0.2, 0.25) is 5.91 Å². The second-order valence-electron chi connectivity index (χ2n) is 6.37. The van der Waals surface area contributed by atoms with E-state index < -0.39 is 0 Å². The monoisotopic (exact) mass is 395 g/mol. The highest BCUT2D eigenvalue weighted by atomic mass is 35.5. The summed E-state index contributed by atoms with van der Waals surface area (Å²) in [6, 6.07) is 17.1. The minimum Gasteiger partial charge on any atom is -0.370 e. The van der Waals surface area contributed by atoms with Gasteiger partial charge in [-0.1, -0.05) is 23.7 Å². The van der Waals surface area contributed by atoms with Gasteiger partial charge in [0.15, 0.2) is 0 Å². The van der Waals surface area contributed by atoms with E-state index in [1.807, 2.05) is 61.5 Å². The number of nitrogens with zero attached hydrogens (tertiary/aromatic N) is 2. The van der Waals surface area contributed by atoms with E-state index in [2.05, 4.69) is 25.9 Å². The van der Waals surface area contributed by atoms with Gasteiger partial charge in [0, 0.05) is 35.9 Å². The summed E-state index contributed by atoms with van der Waals surface area (Å²) in [4.78, 5) is 20.0. The maximum Gasteiger partial charge on any atom is 0.221 e. The molecule has 0 saturated heterocycles. The minimum absolute atomic E-state index is 0.0959. The number of halogens is 1. The lowest BCUT2D eigenvalue weighted by Crippen LogP contribution is -2.08. The van der Waals surface area contributed by atoms with Gasteiger partial charge >= 0.3 is 0 Å². The Morgan fingerprint density at radius 3 is 2.29 bits per heavy atom. The number of rotatable bonds is 7. The SMILES string of the molecule is CC(=O)Nc1ccc(Nc2cc(NCCc3ccc(Cl)cc3)nc(C)n2)cc1. The first-order valence-corrected chi connectivity index (χ1v) is 9.34. The van der Waals surface area contributed by atoms with Crippen molar-refractivity contribution >= 4 is 40.5 Å². The molecular weight excluding hydrogens is 374 g/mol. The van der Waals surface area contributed by atoms with Crippen LogP contribution in [0.4, 0.5) is 23.0 Å². The molecule has 0 aliphatic carbocycles. The van der Waals surface area contributed by atoms with Gasteiger partial charge < -0.3 is 16.0 Å². The molecule has 0 radical (unpaired) electrons. The minimum atomic E-state index is -0.0959. The summed E-state index contributed by atoms with van der Waals surface area (Å²) in [5, 5.41) is 10.1. The summed E-state index contributed by atoms with van der Waals surface area (Å²) in [7, 11) is 0. The van der Waals surface area contributed by atoms with Gasteiger partial charge in [-0.3, -0.25) is 4.79 Å². The Balaban J connectivity index is 1.60. The Hall–Kier alpha value is -3.12. The van der Waals surface area contributed by atoms with E-state index in [4.69, 9.17) is 11.6 Å². The van der Waals surface area contributed by atoms with Crippen LogP contribution in [0, 0.1) is 6.92 Å². The quantitative estimate of drug-likeness (QED) is 0.535. The molecule has 0 spiro atoms. The third-order valence-electron chi connectivity index (χ3n) is 3.95. The van der Waals surface area contributed by atoms with Crippen molar-refractivity contribution in [3.63, 3.8) is 0 Å². The van der Waals surface area contributed by atoms with E-state index in [9.17, 15) is 4.79 Å². The zero-order chi connectivity index (χ0) is 19.9. The highest BCUT2D eigenvalue weighted by Crippen LogP contribution is 2.20. The molecule has 0 unspecified atom stereocenters. The van der Waals surface area contributed by atoms with E-state index in [-0.39, 0.29) is 5.91 Å². The Morgan fingerprint density at radius 1 is 0.964 bits per heavy atom. The summed E-state index contributed by atoms with van der Waals surface area (Å²) < 4.78 is 0. The van der Waals surface area contributed by atoms with Crippen molar-refractivity contribution in [1.82, 2.24) is 9.97 Å². The first-order chi connectivity index (χ1) is 13.5. The van der Waals surface area contributed by atoms with Crippen LogP contribution in [0.15, 0.2) is 54.6 Å². The van der Waals surface area contributed by atoms with Crippen molar-refractivity contribution in [2.24, 2.45) is 0 Å². The van der Waals surface area contributed by atoms with E-state index in [1.54, 1.807) is 0 Å². The molecule has 0 aliphatic rings. The van der Waals surface area contributed by atoms with Crippen LogP contribution in [0.5, 0.6) is 0 Å². The lowest BCUT2D eigenvalue weighted by Gasteiger charge is -2.11. The van der Waals surface area contributed by atoms with Crippen LogP contribution in [0.2, 0.25) is 5.02 Å². The molecule has 0 aliphatic heterocycles. The standard InChI is InChI=1S/C21H22ClN5O/c1-14-24-20(23-12-11-16-3-5-17(22)6-4-16)13-21(25-14)27-19-9-7-18(8-10-19)26-15(2)28/h3-10,13H,11-12H2,1-2H3,(H,26,28)(H2,23,24,25,27). The predicted molar refractivity (Wildman–Crippen MR) is 114 cm³/mol. The second-order valence-corrected chi connectivity index (χ2v) is 6.81. The van der Waals surface area contributed by atoms with Crippen LogP contribution in [0.1, 0.15) is 18.3 Å². The summed E-state index contributed by atoms with van der Waals surface area (Å²) in [6.45, 7) is 4.09. The number of carbonyl (C=O) groups is 1. The number of amides is 1. The van der Waals surface area contributed by atoms with Gasteiger partial charge in [-0.25, -0.2) is 9.97 Å². The zero-order valence-electron chi connectivity index (χ0n) is 15.8. The van der Waals surface area contributed by atoms with Gasteiger partial charge in [0.05, 0.1) is 0 Å². The van der Waals surface area contributed by atoms with E-state index >= 15 is 0 Å². The van der Waals surface area contributed by atoms with Crippen molar-refractivity contribution in [3.8, 4) is 0 Å². The summed E-state index contributed by atoms with van der Waals surface area (Å²) in [5.74, 6) is 2.04. The molecule has 2 aromatic carbocycles. The molecule has 1 amide bonds. The molecule has 28 heavy (non-hydrogen) atoms. The Kier molecular flexibility index (Phi) is 6.45. The van der Waals surface area contributed by atoms with Crippen molar-refractivity contribution < 1.29 is 4.79 Å². The molecular formula is C21H22ClN5O. The fourth-order valence-electron chi connectivity index (χ4n) is 2.70. The lowest BCUT2D eigenvalue weighted by atomic mass is 10.1. The highest BCUT2D eigenvalue weighted by Gasteiger charge is 2.04. The number of aromatic nitrogens is 2. The van der Waals surface area contributed by atoms with E-state index in [0.717, 1.165) is 35.2 Å². The molecule has 0 fully saturated rings. The van der Waals surface area contributed by atoms with Crippen LogP contribution in [-0.4, -0.2) is 22.4 Å². The third kappa shape index (κ3) is 5.96. The van der Waals surface area contributed by atoms with Gasteiger partial charge in [-0.2, -0.15) is 0 Å². The number of benzene rings is 2. The second kappa shape index (κ2) is 9.19. The van der Waals surface area contributed by atoms with Gasteiger partial charge in [0.1, 0.15) is 17.5 Å². The zero-order valence-corrected chi connectivity index (χ0v) is 16.5. The van der Waals surface area contributed by atoms with Crippen molar-refractivity contribution in [3.05, 3.63) is 71.0 Å². The largest absolute Gasteiger partial charge is 0.370 e. The molecule has 1 heterocycles. The molecule has 1 aromatic heterocycles. The van der Waals surface area contributed by atoms with Crippen molar-refractivity contribution in [2.75, 3.05) is 22.5 Å². The Bertz CT molecular complexity index is 942. The maximum atomic E-state index is 11.1. The molecule has 3 rings (SSSR count). The van der Waals surface area contributed by atoms with Crippen LogP contribution in [0.25, 0.3) is 0 Å². The van der Waals surface area contributed by atoms with E-state index in [0.29, 0.717) is 11.6 Å². The summed E-state index contributed by atoms with van der Waals surface area (Å²) in [6.07, 6.45) is 0.869. The van der Waals surface area contributed by atoms with Gasteiger partial charge in [0.25, 0.3) is 0 Å². The highest BCUT2D eigenvalue weighted by molar-refractivity contribution is 6.30. The number of hydrogen-bond donors (Lipinski definition) is 3. The number of carbonyl (C=O) groups excluding carboxylic acids is 1. The molecule has 6 nitrogen and oxygen atoms in total.